The number of amides is 1. The van der Waals surface area contributed by atoms with Crippen molar-refractivity contribution in [1.29, 1.82) is 0 Å². The number of ether oxygens (including phenoxy) is 1. The van der Waals surface area contributed by atoms with E-state index in [4.69, 9.17) is 4.74 Å². The van der Waals surface area contributed by atoms with E-state index in [1.807, 2.05) is 0 Å². The minimum absolute atomic E-state index is 0.0238. The van der Waals surface area contributed by atoms with E-state index in [1.54, 1.807) is 36.4 Å². The van der Waals surface area contributed by atoms with Gasteiger partial charge in [-0.2, -0.15) is 5.10 Å². The standard InChI is InChI=1S/C17H22N4O4S/c1-25-15-5-3-9-21(12-15)17(22)13-4-2-6-16(10-13)26(23,24)19-11-14-7-8-18-20-14/h2,4,6-8,10,15,19H,3,5,9,11-12H2,1H3,(H,18,20)/t15-/m1/s1. The maximum Gasteiger partial charge on any atom is 0.253 e. The lowest BCUT2D eigenvalue weighted by atomic mass is 10.1. The fourth-order valence-corrected chi connectivity index (χ4v) is 3.99. The van der Waals surface area contributed by atoms with Crippen LogP contribution in [0.5, 0.6) is 0 Å². The van der Waals surface area contributed by atoms with Gasteiger partial charge in [0, 0.05) is 32.0 Å². The largest absolute Gasteiger partial charge is 0.380 e. The van der Waals surface area contributed by atoms with Crippen LogP contribution in [0.1, 0.15) is 28.9 Å². The first-order valence-corrected chi connectivity index (χ1v) is 9.88. The van der Waals surface area contributed by atoms with Crippen molar-refractivity contribution in [3.05, 3.63) is 47.8 Å². The van der Waals surface area contributed by atoms with Crippen LogP contribution < -0.4 is 4.72 Å². The van der Waals surface area contributed by atoms with Crippen LogP contribution in [0, 0.1) is 0 Å². The average molecular weight is 378 g/mol. The van der Waals surface area contributed by atoms with Crippen LogP contribution in [0.15, 0.2) is 41.4 Å². The molecule has 2 N–H and O–H groups in total. The Morgan fingerprint density at radius 1 is 1.42 bits per heavy atom. The number of benzene rings is 1. The molecule has 1 aliphatic heterocycles. The van der Waals surface area contributed by atoms with E-state index in [0.29, 0.717) is 24.3 Å². The summed E-state index contributed by atoms with van der Waals surface area (Å²) in [5.74, 6) is -0.183. The molecular formula is C17H22N4O4S. The molecule has 1 amide bonds. The van der Waals surface area contributed by atoms with E-state index in [9.17, 15) is 13.2 Å². The quantitative estimate of drug-likeness (QED) is 0.784. The van der Waals surface area contributed by atoms with Gasteiger partial charge in [0.05, 0.1) is 23.2 Å². The maximum absolute atomic E-state index is 12.7. The van der Waals surface area contributed by atoms with Gasteiger partial charge in [0.2, 0.25) is 10.0 Å². The predicted molar refractivity (Wildman–Crippen MR) is 95.0 cm³/mol. The molecular weight excluding hydrogens is 356 g/mol. The number of carbonyl (C=O) groups excluding carboxylic acids is 1. The predicted octanol–water partition coefficient (Wildman–Crippen LogP) is 1.14. The third-order valence-corrected chi connectivity index (χ3v) is 5.80. The van der Waals surface area contributed by atoms with E-state index in [1.165, 1.54) is 12.1 Å². The van der Waals surface area contributed by atoms with Crippen molar-refractivity contribution in [3.63, 3.8) is 0 Å². The van der Waals surface area contributed by atoms with Crippen LogP contribution in [0.4, 0.5) is 0 Å². The van der Waals surface area contributed by atoms with Gasteiger partial charge >= 0.3 is 0 Å². The second-order valence-electron chi connectivity index (χ2n) is 6.19. The minimum atomic E-state index is -3.73. The Hall–Kier alpha value is -2.23. The van der Waals surface area contributed by atoms with Gasteiger partial charge < -0.3 is 9.64 Å². The Balaban J connectivity index is 1.73. The molecule has 1 saturated heterocycles. The number of aromatic amines is 1. The Kier molecular flexibility index (Phi) is 5.70. The van der Waals surface area contributed by atoms with Crippen LogP contribution in [0.25, 0.3) is 0 Å². The summed E-state index contributed by atoms with van der Waals surface area (Å²) in [5, 5.41) is 6.47. The SMILES string of the molecule is CO[C@@H]1CCCN(C(=O)c2cccc(S(=O)(=O)NCc3ccn[nH]3)c2)C1. The number of piperidine rings is 1. The average Bonchev–Trinajstić information content (AvgIpc) is 3.20. The molecule has 9 heteroatoms. The van der Waals surface area contributed by atoms with E-state index in [0.717, 1.165) is 12.8 Å². The van der Waals surface area contributed by atoms with Crippen LogP contribution in [0.2, 0.25) is 0 Å². The summed E-state index contributed by atoms with van der Waals surface area (Å²) in [5.41, 5.74) is 1.01. The first kappa shape index (κ1) is 18.6. The molecule has 0 unspecified atom stereocenters. The lowest BCUT2D eigenvalue weighted by molar-refractivity contribution is 0.0269. The molecule has 0 spiro atoms. The molecule has 26 heavy (non-hydrogen) atoms. The van der Waals surface area contributed by atoms with Crippen molar-refractivity contribution in [2.75, 3.05) is 20.2 Å². The van der Waals surface area contributed by atoms with E-state index in [2.05, 4.69) is 14.9 Å². The molecule has 2 aromatic rings. The van der Waals surface area contributed by atoms with Crippen molar-refractivity contribution in [2.24, 2.45) is 0 Å². The minimum Gasteiger partial charge on any atom is -0.380 e. The number of methoxy groups -OCH3 is 1. The van der Waals surface area contributed by atoms with Gasteiger partial charge in [0.15, 0.2) is 0 Å². The number of hydrogen-bond acceptors (Lipinski definition) is 5. The fraction of sp³-hybridized carbons (Fsp3) is 0.412. The molecule has 1 fully saturated rings. The highest BCUT2D eigenvalue weighted by Crippen LogP contribution is 2.18. The van der Waals surface area contributed by atoms with Crippen LogP contribution >= 0.6 is 0 Å². The van der Waals surface area contributed by atoms with Gasteiger partial charge in [-0.1, -0.05) is 6.07 Å². The Morgan fingerprint density at radius 3 is 3.00 bits per heavy atom. The summed E-state index contributed by atoms with van der Waals surface area (Å²) in [4.78, 5) is 14.5. The molecule has 0 bridgehead atoms. The number of hydrogen-bond donors (Lipinski definition) is 2. The number of likely N-dealkylation sites (tertiary alicyclic amines) is 1. The molecule has 140 valence electrons. The van der Waals surface area contributed by atoms with Gasteiger partial charge in [0.25, 0.3) is 5.91 Å². The number of sulfonamides is 1. The van der Waals surface area contributed by atoms with Crippen molar-refractivity contribution in [1.82, 2.24) is 19.8 Å². The topological polar surface area (TPSA) is 104 Å². The summed E-state index contributed by atoms with van der Waals surface area (Å²) in [7, 11) is -2.10. The number of nitrogens with one attached hydrogen (secondary N) is 2. The molecule has 8 nitrogen and oxygen atoms in total. The summed E-state index contributed by atoms with van der Waals surface area (Å²) in [6.07, 6.45) is 3.37. The Labute approximate surface area is 152 Å². The number of nitrogens with zero attached hydrogens (tertiary/aromatic N) is 2. The first-order chi connectivity index (χ1) is 12.5. The van der Waals surface area contributed by atoms with Crippen molar-refractivity contribution >= 4 is 15.9 Å². The van der Waals surface area contributed by atoms with Crippen LogP contribution in [-0.2, 0) is 21.3 Å². The van der Waals surface area contributed by atoms with Crippen LogP contribution in [-0.4, -0.2) is 55.7 Å². The lowest BCUT2D eigenvalue weighted by Gasteiger charge is -2.32. The summed E-state index contributed by atoms with van der Waals surface area (Å²) >= 11 is 0. The zero-order chi connectivity index (χ0) is 18.6. The highest BCUT2D eigenvalue weighted by Gasteiger charge is 2.25. The second-order valence-corrected chi connectivity index (χ2v) is 7.95. The summed E-state index contributed by atoms with van der Waals surface area (Å²) < 4.78 is 32.8. The zero-order valence-electron chi connectivity index (χ0n) is 14.5. The molecule has 1 atom stereocenters. The summed E-state index contributed by atoms with van der Waals surface area (Å²) in [6.45, 7) is 1.26. The third kappa shape index (κ3) is 4.29. The maximum atomic E-state index is 12.7. The van der Waals surface area contributed by atoms with Crippen molar-refractivity contribution in [2.45, 2.75) is 30.4 Å². The Bertz CT molecular complexity index is 851. The second kappa shape index (κ2) is 7.98. The number of rotatable bonds is 6. The lowest BCUT2D eigenvalue weighted by Crippen LogP contribution is -2.42. The Morgan fingerprint density at radius 2 is 2.27 bits per heavy atom. The molecule has 1 aromatic carbocycles. The number of aromatic nitrogens is 2. The highest BCUT2D eigenvalue weighted by molar-refractivity contribution is 7.89. The van der Waals surface area contributed by atoms with Gasteiger partial charge in [-0.15, -0.1) is 0 Å². The molecule has 0 saturated carbocycles. The van der Waals surface area contributed by atoms with Gasteiger partial charge in [-0.25, -0.2) is 13.1 Å². The van der Waals surface area contributed by atoms with Gasteiger partial charge in [-0.05, 0) is 37.1 Å². The van der Waals surface area contributed by atoms with E-state index >= 15 is 0 Å². The molecule has 0 aliphatic carbocycles. The van der Waals surface area contributed by atoms with Crippen LogP contribution in [0.3, 0.4) is 0 Å². The van der Waals surface area contributed by atoms with Crippen molar-refractivity contribution in [3.8, 4) is 0 Å². The third-order valence-electron chi connectivity index (χ3n) is 4.40. The first-order valence-electron chi connectivity index (χ1n) is 8.39. The number of H-pyrrole nitrogens is 1. The zero-order valence-corrected chi connectivity index (χ0v) is 15.3. The summed E-state index contributed by atoms with van der Waals surface area (Å²) in [6, 6.07) is 7.78. The van der Waals surface area contributed by atoms with Crippen molar-refractivity contribution < 1.29 is 17.9 Å². The fourth-order valence-electron chi connectivity index (χ4n) is 2.93. The van der Waals surface area contributed by atoms with Gasteiger partial charge in [0.1, 0.15) is 0 Å². The van der Waals surface area contributed by atoms with Gasteiger partial charge in [-0.3, -0.25) is 9.89 Å². The number of carbonyl (C=O) groups is 1. The molecule has 1 aliphatic rings. The molecule has 0 radical (unpaired) electrons. The monoisotopic (exact) mass is 378 g/mol. The molecule has 3 rings (SSSR count). The normalized spacial score (nSPS) is 18.0. The smallest absolute Gasteiger partial charge is 0.253 e. The molecule has 1 aromatic heterocycles. The van der Waals surface area contributed by atoms with E-state index in [-0.39, 0.29) is 23.5 Å². The molecule has 2 heterocycles. The highest BCUT2D eigenvalue weighted by atomic mass is 32.2. The van der Waals surface area contributed by atoms with E-state index < -0.39 is 10.0 Å².